The monoisotopic (exact) mass is 413 g/mol. The van der Waals surface area contributed by atoms with Crippen LogP contribution in [0.3, 0.4) is 0 Å². The van der Waals surface area contributed by atoms with Gasteiger partial charge >= 0.3 is 0 Å². The minimum atomic E-state index is -0.563. The normalized spacial score (nSPS) is 14.8. The van der Waals surface area contributed by atoms with Crippen LogP contribution in [0.25, 0.3) is 0 Å². The lowest BCUT2D eigenvalue weighted by Crippen LogP contribution is -2.41. The fourth-order valence-corrected chi connectivity index (χ4v) is 3.47. The Morgan fingerprint density at radius 2 is 1.70 bits per heavy atom. The van der Waals surface area contributed by atoms with Gasteiger partial charge in [0.2, 0.25) is 5.43 Å². The third-order valence-electron chi connectivity index (χ3n) is 5.55. The predicted octanol–water partition coefficient (Wildman–Crippen LogP) is 3.37. The molecule has 1 fully saturated rings. The number of likely N-dealkylation sites (tertiary alicyclic amines) is 1. The summed E-state index contributed by atoms with van der Waals surface area (Å²) in [6.07, 6.45) is 4.84. The number of rotatable bonds is 5. The van der Waals surface area contributed by atoms with Crippen molar-refractivity contribution in [3.63, 3.8) is 0 Å². The zero-order valence-corrected chi connectivity index (χ0v) is 17.7. The first kappa shape index (κ1) is 21.7. The maximum Gasteiger partial charge on any atom is 0.259 e. The van der Waals surface area contributed by atoms with Gasteiger partial charge < -0.3 is 14.8 Å². The van der Waals surface area contributed by atoms with Gasteiger partial charge in [0, 0.05) is 38.1 Å². The molecule has 1 N–H and O–H groups in total. The number of benzene rings is 1. The topological polar surface area (TPSA) is 71.4 Å². The van der Waals surface area contributed by atoms with Gasteiger partial charge in [-0.1, -0.05) is 19.1 Å². The Kier molecular flexibility index (Phi) is 6.70. The molecule has 0 spiro atoms. The van der Waals surface area contributed by atoms with Crippen LogP contribution in [-0.4, -0.2) is 34.4 Å². The van der Waals surface area contributed by atoms with E-state index in [9.17, 15) is 18.8 Å². The lowest BCUT2D eigenvalue weighted by molar-refractivity contribution is 0.0695. The molecule has 0 aliphatic carbocycles. The van der Waals surface area contributed by atoms with E-state index in [0.717, 1.165) is 12.8 Å². The predicted molar refractivity (Wildman–Crippen MR) is 113 cm³/mol. The summed E-state index contributed by atoms with van der Waals surface area (Å²) < 4.78 is 14.8. The summed E-state index contributed by atoms with van der Waals surface area (Å²) in [6, 6.07) is 5.73. The number of halogens is 1. The molecule has 0 saturated carbocycles. The molecule has 3 rings (SSSR count). The number of nitrogens with one attached hydrogen (secondary N) is 1. The van der Waals surface area contributed by atoms with Crippen LogP contribution in [0.4, 0.5) is 4.39 Å². The molecular formula is C23H28FN3O3. The minimum Gasteiger partial charge on any atom is -0.350 e. The summed E-state index contributed by atoms with van der Waals surface area (Å²) in [5.74, 6) is -0.678. The molecule has 1 aliphatic heterocycles. The lowest BCUT2D eigenvalue weighted by Gasteiger charge is -2.30. The van der Waals surface area contributed by atoms with E-state index in [1.807, 2.05) is 13.8 Å². The molecule has 160 valence electrons. The van der Waals surface area contributed by atoms with E-state index in [-0.39, 0.29) is 35.4 Å². The van der Waals surface area contributed by atoms with Crippen molar-refractivity contribution in [3.05, 3.63) is 69.4 Å². The molecule has 7 heteroatoms. The molecule has 1 aromatic carbocycles. The second kappa shape index (κ2) is 9.24. The van der Waals surface area contributed by atoms with Crippen molar-refractivity contribution in [2.45, 2.75) is 46.2 Å². The van der Waals surface area contributed by atoms with Crippen LogP contribution in [0, 0.1) is 11.7 Å². The van der Waals surface area contributed by atoms with Gasteiger partial charge in [-0.25, -0.2) is 4.39 Å². The average Bonchev–Trinajstić information content (AvgIpc) is 2.73. The van der Waals surface area contributed by atoms with Gasteiger partial charge in [-0.2, -0.15) is 0 Å². The number of carbonyl (C=O) groups excluding carboxylic acids is 2. The number of amides is 2. The molecule has 0 unspecified atom stereocenters. The molecule has 2 aromatic rings. The molecule has 1 aliphatic rings. The van der Waals surface area contributed by atoms with Gasteiger partial charge in [-0.05, 0) is 50.3 Å². The second-order valence-electron chi connectivity index (χ2n) is 8.24. The van der Waals surface area contributed by atoms with Crippen LogP contribution in [0.1, 0.15) is 65.9 Å². The summed E-state index contributed by atoms with van der Waals surface area (Å²) in [4.78, 5) is 40.5. The Balaban J connectivity index is 1.86. The Morgan fingerprint density at radius 1 is 1.10 bits per heavy atom. The molecule has 1 saturated heterocycles. The highest BCUT2D eigenvalue weighted by Gasteiger charge is 2.26. The number of nitrogens with zero attached hydrogens (tertiary/aromatic N) is 2. The summed E-state index contributed by atoms with van der Waals surface area (Å²) >= 11 is 0. The Bertz CT molecular complexity index is 974. The highest BCUT2D eigenvalue weighted by molar-refractivity contribution is 5.99. The third kappa shape index (κ3) is 4.96. The lowest BCUT2D eigenvalue weighted by atomic mass is 9.98. The van der Waals surface area contributed by atoms with Gasteiger partial charge in [0.1, 0.15) is 16.9 Å². The van der Waals surface area contributed by atoms with Crippen LogP contribution < -0.4 is 10.7 Å². The first-order chi connectivity index (χ1) is 14.3. The molecule has 0 atom stereocenters. The fraction of sp³-hybridized carbons (Fsp3) is 0.435. The van der Waals surface area contributed by atoms with Gasteiger partial charge in [0.25, 0.3) is 11.8 Å². The third-order valence-corrected chi connectivity index (χ3v) is 5.55. The maximum absolute atomic E-state index is 13.1. The number of carbonyl (C=O) groups is 2. The Morgan fingerprint density at radius 3 is 2.30 bits per heavy atom. The first-order valence-corrected chi connectivity index (χ1v) is 10.3. The molecule has 1 aromatic heterocycles. The summed E-state index contributed by atoms with van der Waals surface area (Å²) in [5, 5.41) is 2.69. The number of pyridine rings is 1. The minimum absolute atomic E-state index is 0.0210. The van der Waals surface area contributed by atoms with Crippen molar-refractivity contribution < 1.29 is 14.0 Å². The van der Waals surface area contributed by atoms with Crippen molar-refractivity contribution in [2.75, 3.05) is 13.1 Å². The van der Waals surface area contributed by atoms with Gasteiger partial charge in [-0.15, -0.1) is 0 Å². The summed E-state index contributed by atoms with van der Waals surface area (Å²) in [7, 11) is 0. The highest BCUT2D eigenvalue weighted by atomic mass is 19.1. The van der Waals surface area contributed by atoms with Gasteiger partial charge in [0.05, 0.1) is 0 Å². The van der Waals surface area contributed by atoms with Crippen LogP contribution in [0.15, 0.2) is 41.5 Å². The van der Waals surface area contributed by atoms with Crippen LogP contribution in [-0.2, 0) is 6.54 Å². The smallest absolute Gasteiger partial charge is 0.259 e. The standard InChI is InChI=1S/C23H28FN3O3/c1-15(2)27-13-19(22(29)25-12-17-4-6-18(24)7-5-17)21(28)20(14-27)23(30)26-10-8-16(3)9-11-26/h4-7,13-16H,8-12H2,1-3H3,(H,25,29). The van der Waals surface area contributed by atoms with E-state index >= 15 is 0 Å². The van der Waals surface area contributed by atoms with E-state index in [2.05, 4.69) is 12.2 Å². The maximum atomic E-state index is 13.1. The van der Waals surface area contributed by atoms with Crippen LogP contribution >= 0.6 is 0 Å². The van der Waals surface area contributed by atoms with E-state index in [1.54, 1.807) is 27.8 Å². The highest BCUT2D eigenvalue weighted by Crippen LogP contribution is 2.18. The zero-order valence-electron chi connectivity index (χ0n) is 17.7. The van der Waals surface area contributed by atoms with Crippen molar-refractivity contribution in [3.8, 4) is 0 Å². The number of aromatic nitrogens is 1. The second-order valence-corrected chi connectivity index (χ2v) is 8.24. The van der Waals surface area contributed by atoms with E-state index in [1.165, 1.54) is 18.3 Å². The summed E-state index contributed by atoms with van der Waals surface area (Å²) in [5.41, 5.74) is 0.102. The molecule has 2 amide bonds. The summed E-state index contributed by atoms with van der Waals surface area (Å²) in [6.45, 7) is 7.37. The van der Waals surface area contributed by atoms with E-state index in [0.29, 0.717) is 24.6 Å². The zero-order chi connectivity index (χ0) is 21.8. The average molecular weight is 413 g/mol. The van der Waals surface area contributed by atoms with Crippen molar-refractivity contribution in [2.24, 2.45) is 5.92 Å². The molecule has 0 bridgehead atoms. The van der Waals surface area contributed by atoms with Crippen LogP contribution in [0.5, 0.6) is 0 Å². The van der Waals surface area contributed by atoms with E-state index in [4.69, 9.17) is 0 Å². The van der Waals surface area contributed by atoms with Gasteiger partial charge in [0.15, 0.2) is 0 Å². The molecule has 0 radical (unpaired) electrons. The van der Waals surface area contributed by atoms with E-state index < -0.39 is 11.3 Å². The Labute approximate surface area is 175 Å². The quantitative estimate of drug-likeness (QED) is 0.817. The van der Waals surface area contributed by atoms with Gasteiger partial charge in [-0.3, -0.25) is 14.4 Å². The SMILES string of the molecule is CC1CCN(C(=O)c2cn(C(C)C)cc(C(=O)NCc3ccc(F)cc3)c2=O)CC1. The molecule has 6 nitrogen and oxygen atoms in total. The van der Waals surface area contributed by atoms with Crippen molar-refractivity contribution in [1.29, 1.82) is 0 Å². The number of hydrogen-bond donors (Lipinski definition) is 1. The largest absolute Gasteiger partial charge is 0.350 e. The van der Waals surface area contributed by atoms with Crippen molar-refractivity contribution in [1.82, 2.24) is 14.8 Å². The molecule has 30 heavy (non-hydrogen) atoms. The molecular weight excluding hydrogens is 385 g/mol. The van der Waals surface area contributed by atoms with Crippen LogP contribution in [0.2, 0.25) is 0 Å². The van der Waals surface area contributed by atoms with Crippen molar-refractivity contribution >= 4 is 11.8 Å². The number of hydrogen-bond acceptors (Lipinski definition) is 3. The number of piperidine rings is 1. The first-order valence-electron chi connectivity index (χ1n) is 10.3. The Hall–Kier alpha value is -2.96. The molecule has 2 heterocycles. The fourth-order valence-electron chi connectivity index (χ4n) is 3.47.